The maximum atomic E-state index is 11.6. The van der Waals surface area contributed by atoms with Crippen LogP contribution in [-0.4, -0.2) is 24.6 Å². The third kappa shape index (κ3) is 5.27. The SMILES string of the molecule is CCC1=C(C)c2cc3c(CC)c(C)c(cc4nc(cc5[nH]c(cc1n2)c(C)c5CC)C(C)=C4CC)n3C[C@H](O)c1ccccc1. The molecule has 0 radical (unpaired) electrons. The van der Waals surface area contributed by atoms with Gasteiger partial charge < -0.3 is 14.7 Å². The molecule has 2 N–H and O–H groups in total. The number of fused-ring (bicyclic) bond motifs is 8. The smallest absolute Gasteiger partial charge is 0.0969 e. The summed E-state index contributed by atoms with van der Waals surface area (Å²) in [7, 11) is 0. The molecule has 8 bridgehead atoms. The summed E-state index contributed by atoms with van der Waals surface area (Å²) in [5, 5.41) is 11.6. The summed E-state index contributed by atoms with van der Waals surface area (Å²) in [4.78, 5) is 14.3. The van der Waals surface area contributed by atoms with Gasteiger partial charge in [-0.1, -0.05) is 58.0 Å². The first kappa shape index (κ1) is 30.8. The first-order chi connectivity index (χ1) is 21.7. The normalized spacial score (nSPS) is 14.1. The van der Waals surface area contributed by atoms with Crippen molar-refractivity contribution in [1.82, 2.24) is 19.5 Å². The van der Waals surface area contributed by atoms with E-state index in [4.69, 9.17) is 9.97 Å². The first-order valence-corrected chi connectivity index (χ1v) is 16.6. The number of H-pyrrole nitrogens is 1. The topological polar surface area (TPSA) is 66.7 Å². The lowest BCUT2D eigenvalue weighted by Crippen LogP contribution is -2.08. The number of hydrogen-bond donors (Lipinski definition) is 2. The van der Waals surface area contributed by atoms with Gasteiger partial charge in [0.2, 0.25) is 0 Å². The minimum atomic E-state index is -0.656. The highest BCUT2D eigenvalue weighted by Gasteiger charge is 2.22. The number of aromatic nitrogens is 4. The van der Waals surface area contributed by atoms with Gasteiger partial charge in [-0.2, -0.15) is 0 Å². The Labute approximate surface area is 267 Å². The zero-order valence-electron chi connectivity index (χ0n) is 28.1. The van der Waals surface area contributed by atoms with Gasteiger partial charge in [-0.15, -0.1) is 0 Å². The van der Waals surface area contributed by atoms with Gasteiger partial charge in [0, 0.05) is 22.1 Å². The quantitative estimate of drug-likeness (QED) is 0.222. The summed E-state index contributed by atoms with van der Waals surface area (Å²) in [5.41, 5.74) is 19.4. The van der Waals surface area contributed by atoms with Crippen LogP contribution in [0.15, 0.2) is 54.6 Å². The van der Waals surface area contributed by atoms with Crippen molar-refractivity contribution in [2.24, 2.45) is 0 Å². The van der Waals surface area contributed by atoms with Crippen LogP contribution < -0.4 is 0 Å². The predicted molar refractivity (Wildman–Crippen MR) is 190 cm³/mol. The van der Waals surface area contributed by atoms with E-state index in [0.29, 0.717) is 6.54 Å². The van der Waals surface area contributed by atoms with Crippen LogP contribution in [0, 0.1) is 13.8 Å². The Hall–Kier alpha value is -4.22. The van der Waals surface area contributed by atoms with E-state index >= 15 is 0 Å². The average Bonchev–Trinajstić information content (AvgIpc) is 3.69. The van der Waals surface area contributed by atoms with Crippen molar-refractivity contribution < 1.29 is 5.11 Å². The van der Waals surface area contributed by atoms with E-state index in [-0.39, 0.29) is 0 Å². The molecule has 0 unspecified atom stereocenters. The first-order valence-electron chi connectivity index (χ1n) is 16.6. The van der Waals surface area contributed by atoms with E-state index in [1.807, 2.05) is 30.3 Å². The summed E-state index contributed by atoms with van der Waals surface area (Å²) in [6.07, 6.45) is 2.96. The Morgan fingerprint density at radius 3 is 1.80 bits per heavy atom. The van der Waals surface area contributed by atoms with Crippen molar-refractivity contribution in [2.45, 2.75) is 93.7 Å². The van der Waals surface area contributed by atoms with Gasteiger partial charge in [-0.25, -0.2) is 9.97 Å². The maximum absolute atomic E-state index is 11.6. The fourth-order valence-corrected chi connectivity index (χ4v) is 7.39. The molecule has 0 aliphatic carbocycles. The number of aromatic amines is 1. The highest BCUT2D eigenvalue weighted by Crippen LogP contribution is 2.37. The van der Waals surface area contributed by atoms with Gasteiger partial charge in [0.25, 0.3) is 0 Å². The van der Waals surface area contributed by atoms with Crippen molar-refractivity contribution in [3.63, 3.8) is 0 Å². The summed E-state index contributed by atoms with van der Waals surface area (Å²) in [6.45, 7) is 18.1. The van der Waals surface area contributed by atoms with Gasteiger partial charge in [-0.05, 0) is 128 Å². The molecule has 5 heteroatoms. The van der Waals surface area contributed by atoms with Gasteiger partial charge in [-0.3, -0.25) is 0 Å². The Bertz CT molecular complexity index is 2020. The number of aliphatic hydroxyl groups is 1. The van der Waals surface area contributed by atoms with Gasteiger partial charge in [0.15, 0.2) is 0 Å². The lowest BCUT2D eigenvalue weighted by atomic mass is 10.0. The van der Waals surface area contributed by atoms with E-state index < -0.39 is 6.10 Å². The van der Waals surface area contributed by atoms with Crippen LogP contribution in [0.3, 0.4) is 0 Å². The molecule has 45 heavy (non-hydrogen) atoms. The standard InChI is InChI=1S/C40H46N4O/c1-9-28-23(5)32-18-36-29(10-2)25(7)34(43-36)20-39-31(12-4)26(8)38(44(39)22-40(45)27-16-14-13-15-17-27)21-37-30(11-3)24(6)33(42-37)19-35(28)41-32/h13-21,40-41,45H,9-12,22H2,1-8H3/t40-/m0/s1. The molecule has 5 heterocycles. The second-order valence-corrected chi connectivity index (χ2v) is 12.4. The Morgan fingerprint density at radius 2 is 1.20 bits per heavy atom. The fourth-order valence-electron chi connectivity index (χ4n) is 7.39. The van der Waals surface area contributed by atoms with Crippen LogP contribution in [-0.2, 0) is 19.4 Å². The second kappa shape index (κ2) is 12.3. The molecule has 0 fully saturated rings. The monoisotopic (exact) mass is 598 g/mol. The third-order valence-electron chi connectivity index (χ3n) is 10.0. The molecule has 0 saturated heterocycles. The van der Waals surface area contributed by atoms with Gasteiger partial charge in [0.05, 0.1) is 35.4 Å². The molecular formula is C40H46N4O. The Balaban J connectivity index is 1.79. The molecule has 0 spiro atoms. The number of hydrogen-bond acceptors (Lipinski definition) is 3. The van der Waals surface area contributed by atoms with E-state index in [0.717, 1.165) is 76.1 Å². The Kier molecular flexibility index (Phi) is 8.41. The summed E-state index contributed by atoms with van der Waals surface area (Å²) >= 11 is 0. The minimum absolute atomic E-state index is 0.435. The molecule has 232 valence electrons. The molecule has 1 aromatic carbocycles. The lowest BCUT2D eigenvalue weighted by molar-refractivity contribution is 0.159. The highest BCUT2D eigenvalue weighted by molar-refractivity contribution is 5.95. The van der Waals surface area contributed by atoms with Crippen LogP contribution in [0.5, 0.6) is 0 Å². The van der Waals surface area contributed by atoms with Crippen LogP contribution >= 0.6 is 0 Å². The molecule has 1 atom stereocenters. The zero-order chi connectivity index (χ0) is 32.0. The number of rotatable bonds is 7. The fraction of sp³-hybridized carbons (Fsp3) is 0.350. The molecule has 3 aromatic heterocycles. The number of allylic oxidation sites excluding steroid dienone is 4. The Morgan fingerprint density at radius 1 is 0.644 bits per heavy atom. The second-order valence-electron chi connectivity index (χ2n) is 12.4. The molecule has 0 saturated carbocycles. The molecule has 2 aliphatic rings. The molecule has 6 rings (SSSR count). The van der Waals surface area contributed by atoms with Crippen molar-refractivity contribution in [1.29, 1.82) is 0 Å². The van der Waals surface area contributed by atoms with Crippen LogP contribution in [0.1, 0.15) is 111 Å². The summed E-state index contributed by atoms with van der Waals surface area (Å²) < 4.78 is 2.31. The van der Waals surface area contributed by atoms with Crippen molar-refractivity contribution in [3.8, 4) is 0 Å². The maximum Gasteiger partial charge on any atom is 0.0969 e. The van der Waals surface area contributed by atoms with E-state index in [2.05, 4.69) is 89.2 Å². The number of aliphatic hydroxyl groups excluding tert-OH is 1. The third-order valence-corrected chi connectivity index (χ3v) is 10.0. The molecule has 0 amide bonds. The number of nitrogens with one attached hydrogen (secondary N) is 1. The lowest BCUT2D eigenvalue weighted by Gasteiger charge is -2.15. The highest BCUT2D eigenvalue weighted by atomic mass is 16.3. The van der Waals surface area contributed by atoms with E-state index in [9.17, 15) is 5.11 Å². The zero-order valence-corrected chi connectivity index (χ0v) is 28.1. The van der Waals surface area contributed by atoms with Crippen LogP contribution in [0.2, 0.25) is 0 Å². The van der Waals surface area contributed by atoms with Crippen LogP contribution in [0.25, 0.3) is 44.4 Å². The number of benzene rings is 1. The summed E-state index contributed by atoms with van der Waals surface area (Å²) in [5.74, 6) is 0. The van der Waals surface area contributed by atoms with Crippen molar-refractivity contribution in [3.05, 3.63) is 105 Å². The minimum Gasteiger partial charge on any atom is -0.387 e. The van der Waals surface area contributed by atoms with Gasteiger partial charge in [0.1, 0.15) is 0 Å². The van der Waals surface area contributed by atoms with Gasteiger partial charge >= 0.3 is 0 Å². The van der Waals surface area contributed by atoms with Crippen molar-refractivity contribution >= 4 is 44.4 Å². The van der Waals surface area contributed by atoms with Crippen LogP contribution in [0.4, 0.5) is 0 Å². The molecule has 5 nitrogen and oxygen atoms in total. The van der Waals surface area contributed by atoms with E-state index in [1.165, 1.54) is 44.5 Å². The van der Waals surface area contributed by atoms with Crippen molar-refractivity contribution in [2.75, 3.05) is 0 Å². The summed E-state index contributed by atoms with van der Waals surface area (Å²) in [6, 6.07) is 19.0. The molecular weight excluding hydrogens is 552 g/mol. The largest absolute Gasteiger partial charge is 0.387 e. The predicted octanol–water partition coefficient (Wildman–Crippen LogP) is 9.94. The molecule has 2 aliphatic heterocycles. The average molecular weight is 599 g/mol. The number of aryl methyl sites for hydroxylation is 4. The number of nitrogens with zero attached hydrogens (tertiary/aromatic N) is 3. The molecule has 4 aromatic rings. The van der Waals surface area contributed by atoms with E-state index in [1.54, 1.807) is 0 Å².